The summed E-state index contributed by atoms with van der Waals surface area (Å²) >= 11 is 0. The van der Waals surface area contributed by atoms with Gasteiger partial charge < -0.3 is 5.32 Å². The maximum atomic E-state index is 12.8. The molecule has 1 unspecified atom stereocenters. The molecular weight excluding hydrogens is 380 g/mol. The van der Waals surface area contributed by atoms with Crippen LogP contribution in [-0.2, 0) is 35.6 Å². The molecule has 1 fully saturated rings. The lowest BCUT2D eigenvalue weighted by Gasteiger charge is -2.21. The number of hydrogen-bond donors (Lipinski definition) is 3. The van der Waals surface area contributed by atoms with E-state index in [1.807, 2.05) is 6.08 Å². The zero-order valence-corrected chi connectivity index (χ0v) is 18.4. The van der Waals surface area contributed by atoms with E-state index in [0.29, 0.717) is 11.9 Å². The topological polar surface area (TPSA) is 68.2 Å². The minimum atomic E-state index is -3.07. The summed E-state index contributed by atoms with van der Waals surface area (Å²) in [5.74, 6) is 0.459. The third-order valence-electron chi connectivity index (χ3n) is 6.44. The van der Waals surface area contributed by atoms with Crippen molar-refractivity contribution in [2.75, 3.05) is 18.4 Å². The summed E-state index contributed by atoms with van der Waals surface area (Å²) in [6.45, 7) is 8.37. The van der Waals surface area contributed by atoms with Crippen molar-refractivity contribution in [3.05, 3.63) is 52.2 Å². The van der Waals surface area contributed by atoms with Gasteiger partial charge in [0.1, 0.15) is 15.7 Å². The van der Waals surface area contributed by atoms with E-state index < -0.39 is 9.92 Å². The number of fused-ring (bicyclic) bond motifs is 2. The number of benzene rings is 1. The van der Waals surface area contributed by atoms with Crippen LogP contribution in [0.2, 0.25) is 0 Å². The Morgan fingerprint density at radius 3 is 2.59 bits per heavy atom. The van der Waals surface area contributed by atoms with Crippen molar-refractivity contribution >= 4 is 15.6 Å². The Kier molecular flexibility index (Phi) is 6.02. The van der Waals surface area contributed by atoms with E-state index in [1.54, 1.807) is 5.41 Å². The van der Waals surface area contributed by atoms with Gasteiger partial charge in [-0.2, -0.15) is 0 Å². The minimum absolute atomic E-state index is 0.296. The van der Waals surface area contributed by atoms with Crippen molar-refractivity contribution in [2.24, 2.45) is 0 Å². The van der Waals surface area contributed by atoms with Crippen LogP contribution >= 0.6 is 0 Å². The first kappa shape index (κ1) is 20.5. The first-order chi connectivity index (χ1) is 14.0. The normalized spacial score (nSPS) is 23.1. The standard InChI is InChI=1S/C23H34N4OS/c1-3-13-27-14-6-9-20(27)12-15-29(24,28)26-17(2)25-23-21-10-4-7-18(21)16-19-8-5-11-22(19)23/h12,15-16,20,25H,2-11,13-14H2,1H3,(H2,24,26,28)/b15-12+/t20-,29?/m1/s1. The lowest BCUT2D eigenvalue weighted by atomic mass is 9.99. The number of likely N-dealkylation sites (tertiary alicyclic amines) is 1. The zero-order chi connectivity index (χ0) is 20.4. The number of nitrogens with zero attached hydrogens (tertiary/aromatic N) is 1. The van der Waals surface area contributed by atoms with Crippen LogP contribution in [-0.4, -0.2) is 28.2 Å². The molecule has 2 aliphatic carbocycles. The number of aryl methyl sites for hydroxylation is 2. The van der Waals surface area contributed by atoms with Gasteiger partial charge in [-0.15, -0.1) is 0 Å². The quantitative estimate of drug-likeness (QED) is 0.587. The molecule has 1 aromatic rings. The summed E-state index contributed by atoms with van der Waals surface area (Å²) in [6, 6.07) is 2.69. The fraction of sp³-hybridized carbons (Fsp3) is 0.565. The third kappa shape index (κ3) is 4.53. The van der Waals surface area contributed by atoms with Crippen LogP contribution in [0.1, 0.15) is 61.3 Å². The summed E-state index contributed by atoms with van der Waals surface area (Å²) in [4.78, 5) is 2.41. The highest BCUT2D eigenvalue weighted by atomic mass is 32.2. The second-order valence-corrected chi connectivity index (χ2v) is 10.3. The molecule has 3 aliphatic rings. The maximum absolute atomic E-state index is 12.8. The van der Waals surface area contributed by atoms with Crippen molar-refractivity contribution in [3.63, 3.8) is 0 Å². The van der Waals surface area contributed by atoms with Gasteiger partial charge in [0.05, 0.1) is 0 Å². The monoisotopic (exact) mass is 414 g/mol. The summed E-state index contributed by atoms with van der Waals surface area (Å²) in [6.07, 6.45) is 12.2. The average molecular weight is 415 g/mol. The number of anilines is 1. The molecule has 29 heavy (non-hydrogen) atoms. The van der Waals surface area contributed by atoms with Gasteiger partial charge in [-0.25, -0.2) is 8.99 Å². The van der Waals surface area contributed by atoms with Crippen LogP contribution in [0.4, 0.5) is 5.69 Å². The van der Waals surface area contributed by atoms with E-state index in [9.17, 15) is 4.21 Å². The van der Waals surface area contributed by atoms with Crippen LogP contribution in [0.25, 0.3) is 0 Å². The Bertz CT molecular complexity index is 887. The highest BCUT2D eigenvalue weighted by Gasteiger charge is 2.25. The molecule has 1 aliphatic heterocycles. The highest BCUT2D eigenvalue weighted by molar-refractivity contribution is 7.93. The lowest BCUT2D eigenvalue weighted by Crippen LogP contribution is -2.29. The van der Waals surface area contributed by atoms with Crippen LogP contribution in [0.15, 0.2) is 30.0 Å². The molecule has 0 aromatic heterocycles. The lowest BCUT2D eigenvalue weighted by molar-refractivity contribution is 0.291. The molecule has 5 nitrogen and oxygen atoms in total. The van der Waals surface area contributed by atoms with Crippen molar-refractivity contribution in [3.8, 4) is 0 Å². The van der Waals surface area contributed by atoms with E-state index >= 15 is 0 Å². The number of nitrogens with one attached hydrogen (secondary N) is 3. The molecule has 2 atom stereocenters. The van der Waals surface area contributed by atoms with E-state index in [1.165, 1.54) is 41.5 Å². The maximum Gasteiger partial charge on any atom is 0.150 e. The molecule has 3 N–H and O–H groups in total. The highest BCUT2D eigenvalue weighted by Crippen LogP contribution is 2.39. The van der Waals surface area contributed by atoms with Crippen LogP contribution in [0.3, 0.4) is 0 Å². The fourth-order valence-corrected chi connectivity index (χ4v) is 6.08. The van der Waals surface area contributed by atoms with E-state index in [4.69, 9.17) is 4.78 Å². The predicted octanol–water partition coefficient (Wildman–Crippen LogP) is 4.49. The summed E-state index contributed by atoms with van der Waals surface area (Å²) in [5.41, 5.74) is 6.84. The average Bonchev–Trinajstić information content (AvgIpc) is 3.40. The van der Waals surface area contributed by atoms with Gasteiger partial charge in [0.15, 0.2) is 0 Å². The summed E-state index contributed by atoms with van der Waals surface area (Å²) in [5, 5.41) is 4.95. The Morgan fingerprint density at radius 2 is 1.93 bits per heavy atom. The SMILES string of the molecule is C=C(Nc1c2c(cc3c1CCC3)CCC2)NS(=N)(=O)/C=C/[C@H]1CCCN1CCC. The molecular formula is C23H34N4OS. The van der Waals surface area contributed by atoms with Crippen molar-refractivity contribution in [1.82, 2.24) is 9.62 Å². The predicted molar refractivity (Wildman–Crippen MR) is 121 cm³/mol. The zero-order valence-electron chi connectivity index (χ0n) is 17.6. The van der Waals surface area contributed by atoms with Gasteiger partial charge in [-0.05, 0) is 93.1 Å². The van der Waals surface area contributed by atoms with Gasteiger partial charge in [-0.3, -0.25) is 9.62 Å². The molecule has 6 heteroatoms. The van der Waals surface area contributed by atoms with Crippen molar-refractivity contribution in [2.45, 2.75) is 70.8 Å². The smallest absolute Gasteiger partial charge is 0.150 e. The molecule has 158 valence electrons. The summed E-state index contributed by atoms with van der Waals surface area (Å²) in [7, 11) is -3.07. The van der Waals surface area contributed by atoms with Crippen LogP contribution in [0.5, 0.6) is 0 Å². The molecule has 1 aromatic carbocycles. The van der Waals surface area contributed by atoms with Gasteiger partial charge in [0, 0.05) is 17.1 Å². The first-order valence-corrected chi connectivity index (χ1v) is 12.7. The van der Waals surface area contributed by atoms with E-state index in [0.717, 1.165) is 57.3 Å². The van der Waals surface area contributed by atoms with Crippen LogP contribution in [0, 0.1) is 4.78 Å². The number of rotatable bonds is 8. The molecule has 0 saturated carbocycles. The Balaban J connectivity index is 1.44. The second kappa shape index (κ2) is 8.52. The molecule has 0 spiro atoms. The van der Waals surface area contributed by atoms with Gasteiger partial charge >= 0.3 is 0 Å². The van der Waals surface area contributed by atoms with Crippen LogP contribution < -0.4 is 10.0 Å². The van der Waals surface area contributed by atoms with Gasteiger partial charge in [-0.1, -0.05) is 25.6 Å². The first-order valence-electron chi connectivity index (χ1n) is 11.1. The Morgan fingerprint density at radius 1 is 1.24 bits per heavy atom. The van der Waals surface area contributed by atoms with Gasteiger partial charge in [0.2, 0.25) is 0 Å². The van der Waals surface area contributed by atoms with Crippen molar-refractivity contribution < 1.29 is 4.21 Å². The molecule has 0 bridgehead atoms. The molecule has 1 heterocycles. The van der Waals surface area contributed by atoms with E-state index in [2.05, 4.69) is 34.5 Å². The Labute approximate surface area is 175 Å². The number of hydrogen-bond acceptors (Lipinski definition) is 4. The molecule has 0 amide bonds. The second-order valence-electron chi connectivity index (χ2n) is 8.61. The molecule has 0 radical (unpaired) electrons. The minimum Gasteiger partial charge on any atom is -0.341 e. The Hall–Kier alpha value is -1.79. The van der Waals surface area contributed by atoms with E-state index in [-0.39, 0.29) is 0 Å². The third-order valence-corrected chi connectivity index (χ3v) is 7.53. The molecule has 4 rings (SSSR count). The van der Waals surface area contributed by atoms with Gasteiger partial charge in [0.25, 0.3) is 0 Å². The summed E-state index contributed by atoms with van der Waals surface area (Å²) < 4.78 is 23.9. The van der Waals surface area contributed by atoms with Crippen molar-refractivity contribution in [1.29, 1.82) is 4.78 Å². The molecule has 1 saturated heterocycles. The fourth-order valence-electron chi connectivity index (χ4n) is 5.20. The largest absolute Gasteiger partial charge is 0.341 e.